The van der Waals surface area contributed by atoms with E-state index >= 15 is 0 Å². The van der Waals surface area contributed by atoms with E-state index in [4.69, 9.17) is 10.2 Å². The van der Waals surface area contributed by atoms with E-state index in [1.807, 2.05) is 30.3 Å². The van der Waals surface area contributed by atoms with Gasteiger partial charge < -0.3 is 15.1 Å². The van der Waals surface area contributed by atoms with Gasteiger partial charge in [-0.05, 0) is 5.56 Å². The minimum atomic E-state index is -0.633. The van der Waals surface area contributed by atoms with Crippen molar-refractivity contribution in [1.29, 1.82) is 0 Å². The van der Waals surface area contributed by atoms with Crippen molar-refractivity contribution < 1.29 is 9.21 Å². The van der Waals surface area contributed by atoms with Crippen molar-refractivity contribution in [3.05, 3.63) is 53.2 Å². The van der Waals surface area contributed by atoms with Gasteiger partial charge in [-0.2, -0.15) is 0 Å². The molecule has 2 N–H and O–H groups in total. The molecule has 0 radical (unpaired) electrons. The van der Waals surface area contributed by atoms with Crippen molar-refractivity contribution in [3.63, 3.8) is 0 Å². The molecule has 0 aliphatic carbocycles. The summed E-state index contributed by atoms with van der Waals surface area (Å²) in [6, 6.07) is 8.83. The zero-order chi connectivity index (χ0) is 16.6. The molecule has 1 aromatic carbocycles. The largest absolute Gasteiger partial charge is 0.445 e. The molecule has 2 heterocycles. The molecule has 5 nitrogen and oxygen atoms in total. The monoisotopic (exact) mass is 349 g/mol. The second-order valence-corrected chi connectivity index (χ2v) is 7.04. The number of halogens is 1. The molecule has 1 atom stereocenters. The van der Waals surface area contributed by atoms with Gasteiger partial charge in [0.15, 0.2) is 5.89 Å². The Morgan fingerprint density at radius 2 is 1.96 bits per heavy atom. The molecule has 2 aromatic rings. The maximum Gasteiger partial charge on any atom is 0.244 e. The number of aromatic nitrogens is 1. The summed E-state index contributed by atoms with van der Waals surface area (Å²) in [4.78, 5) is 19.0. The maximum atomic E-state index is 12.7. The third-order valence-electron chi connectivity index (χ3n) is 4.11. The van der Waals surface area contributed by atoms with Crippen LogP contribution < -0.4 is 5.73 Å². The van der Waals surface area contributed by atoms with Crippen molar-refractivity contribution >= 4 is 18.3 Å². The predicted molar refractivity (Wildman–Crippen MR) is 94.9 cm³/mol. The molecule has 6 heteroatoms. The standard InChI is InChI=1S/C18H23N3O2.ClH/c1-18(2,3)17-20-13-11-21(10-9-14(13)23-17)16(22)15(19)12-7-5-4-6-8-12;/h4-8,15H,9-11,19H2,1-3H3;1H/t15-;/m1./s1. The van der Waals surface area contributed by atoms with Gasteiger partial charge in [0.1, 0.15) is 17.5 Å². The summed E-state index contributed by atoms with van der Waals surface area (Å²) < 4.78 is 5.86. The van der Waals surface area contributed by atoms with Crippen molar-refractivity contribution in [2.24, 2.45) is 5.73 Å². The molecule has 0 fully saturated rings. The van der Waals surface area contributed by atoms with Crippen molar-refractivity contribution in [1.82, 2.24) is 9.88 Å². The summed E-state index contributed by atoms with van der Waals surface area (Å²) >= 11 is 0. The first-order valence-electron chi connectivity index (χ1n) is 7.94. The minimum Gasteiger partial charge on any atom is -0.445 e. The van der Waals surface area contributed by atoms with Crippen LogP contribution in [0.25, 0.3) is 0 Å². The van der Waals surface area contributed by atoms with Crippen LogP contribution in [-0.2, 0) is 23.2 Å². The zero-order valence-electron chi connectivity index (χ0n) is 14.3. The fourth-order valence-corrected chi connectivity index (χ4v) is 2.71. The summed E-state index contributed by atoms with van der Waals surface area (Å²) in [6.07, 6.45) is 0.686. The van der Waals surface area contributed by atoms with Gasteiger partial charge in [-0.1, -0.05) is 51.1 Å². The number of hydrogen-bond donors (Lipinski definition) is 1. The lowest BCUT2D eigenvalue weighted by Gasteiger charge is -2.28. The highest BCUT2D eigenvalue weighted by atomic mass is 35.5. The minimum absolute atomic E-state index is 0. The van der Waals surface area contributed by atoms with Crippen LogP contribution in [0.15, 0.2) is 34.7 Å². The number of amides is 1. The summed E-state index contributed by atoms with van der Waals surface area (Å²) in [5, 5.41) is 0. The quantitative estimate of drug-likeness (QED) is 0.904. The van der Waals surface area contributed by atoms with E-state index in [2.05, 4.69) is 25.8 Å². The molecule has 1 aromatic heterocycles. The summed E-state index contributed by atoms with van der Waals surface area (Å²) in [6.45, 7) is 7.29. The first kappa shape index (κ1) is 18.5. The van der Waals surface area contributed by atoms with Gasteiger partial charge in [-0.3, -0.25) is 4.79 Å². The lowest BCUT2D eigenvalue weighted by Crippen LogP contribution is -2.41. The molecule has 1 amide bonds. The number of nitrogens with zero attached hydrogens (tertiary/aromatic N) is 2. The number of hydrogen-bond acceptors (Lipinski definition) is 4. The van der Waals surface area contributed by atoms with Crippen LogP contribution >= 0.6 is 12.4 Å². The van der Waals surface area contributed by atoms with E-state index in [1.54, 1.807) is 4.90 Å². The molecule has 0 spiro atoms. The number of nitrogens with two attached hydrogens (primary N) is 1. The first-order chi connectivity index (χ1) is 10.9. The Morgan fingerprint density at radius 3 is 2.58 bits per heavy atom. The van der Waals surface area contributed by atoms with Gasteiger partial charge in [0.05, 0.1) is 6.54 Å². The highest BCUT2D eigenvalue weighted by Crippen LogP contribution is 2.28. The average Bonchev–Trinajstić information content (AvgIpc) is 2.97. The average molecular weight is 350 g/mol. The highest BCUT2D eigenvalue weighted by Gasteiger charge is 2.31. The van der Waals surface area contributed by atoms with Gasteiger partial charge in [0, 0.05) is 18.4 Å². The SMILES string of the molecule is CC(C)(C)c1nc2c(o1)CCN(C(=O)[C@H](N)c1ccccc1)C2.Cl. The molecular weight excluding hydrogens is 326 g/mol. The van der Waals surface area contributed by atoms with Crippen molar-refractivity contribution in [2.45, 2.75) is 45.2 Å². The number of carbonyl (C=O) groups excluding carboxylic acids is 1. The maximum absolute atomic E-state index is 12.7. The van der Waals surface area contributed by atoms with E-state index in [9.17, 15) is 4.79 Å². The molecule has 0 saturated heterocycles. The van der Waals surface area contributed by atoms with Gasteiger partial charge in [0.2, 0.25) is 5.91 Å². The van der Waals surface area contributed by atoms with Crippen LogP contribution in [0.5, 0.6) is 0 Å². The molecule has 3 rings (SSSR count). The molecular formula is C18H24ClN3O2. The second kappa shape index (κ2) is 6.95. The third-order valence-corrected chi connectivity index (χ3v) is 4.11. The molecule has 1 aliphatic rings. The van der Waals surface area contributed by atoms with Crippen LogP contribution in [0.2, 0.25) is 0 Å². The first-order valence-corrected chi connectivity index (χ1v) is 7.94. The number of oxazole rings is 1. The molecule has 24 heavy (non-hydrogen) atoms. The van der Waals surface area contributed by atoms with Crippen LogP contribution in [0.3, 0.4) is 0 Å². The van der Waals surface area contributed by atoms with Crippen LogP contribution in [0.1, 0.15) is 49.7 Å². The Labute approximate surface area is 148 Å². The number of rotatable bonds is 2. The van der Waals surface area contributed by atoms with Gasteiger partial charge in [-0.25, -0.2) is 4.98 Å². The van der Waals surface area contributed by atoms with Crippen molar-refractivity contribution in [2.75, 3.05) is 6.54 Å². The van der Waals surface area contributed by atoms with Crippen molar-refractivity contribution in [3.8, 4) is 0 Å². The summed E-state index contributed by atoms with van der Waals surface area (Å²) in [5.41, 5.74) is 7.68. The zero-order valence-corrected chi connectivity index (χ0v) is 15.1. The Hall–Kier alpha value is -1.85. The lowest BCUT2D eigenvalue weighted by molar-refractivity contribution is -0.133. The molecule has 130 valence electrons. The Morgan fingerprint density at radius 1 is 1.29 bits per heavy atom. The molecule has 1 aliphatic heterocycles. The normalized spacial score (nSPS) is 15.4. The number of fused-ring (bicyclic) bond motifs is 1. The van der Waals surface area contributed by atoms with Gasteiger partial charge in [-0.15, -0.1) is 12.4 Å². The Kier molecular flexibility index (Phi) is 5.35. The van der Waals surface area contributed by atoms with Crippen LogP contribution in [0.4, 0.5) is 0 Å². The van der Waals surface area contributed by atoms with E-state index in [0.717, 1.165) is 22.9 Å². The van der Waals surface area contributed by atoms with E-state index in [1.165, 1.54) is 0 Å². The predicted octanol–water partition coefficient (Wildman–Crippen LogP) is 2.98. The summed E-state index contributed by atoms with van der Waals surface area (Å²) in [7, 11) is 0. The Bertz CT molecular complexity index is 707. The van der Waals surface area contributed by atoms with Crippen LogP contribution in [0, 0.1) is 0 Å². The topological polar surface area (TPSA) is 72.4 Å². The fraction of sp³-hybridized carbons (Fsp3) is 0.444. The smallest absolute Gasteiger partial charge is 0.244 e. The second-order valence-electron chi connectivity index (χ2n) is 7.04. The van der Waals surface area contributed by atoms with E-state index in [0.29, 0.717) is 19.5 Å². The molecule has 0 bridgehead atoms. The third kappa shape index (κ3) is 3.62. The molecule has 0 saturated carbocycles. The number of carbonyl (C=O) groups is 1. The number of benzene rings is 1. The lowest BCUT2D eigenvalue weighted by atomic mass is 9.97. The van der Waals surface area contributed by atoms with Crippen LogP contribution in [-0.4, -0.2) is 22.3 Å². The van der Waals surface area contributed by atoms with Gasteiger partial charge >= 0.3 is 0 Å². The fourth-order valence-electron chi connectivity index (χ4n) is 2.71. The van der Waals surface area contributed by atoms with E-state index in [-0.39, 0.29) is 23.7 Å². The Balaban J connectivity index is 0.00000208. The molecule has 0 unspecified atom stereocenters. The highest BCUT2D eigenvalue weighted by molar-refractivity contribution is 5.85. The summed E-state index contributed by atoms with van der Waals surface area (Å²) in [5.74, 6) is 1.55. The van der Waals surface area contributed by atoms with E-state index < -0.39 is 6.04 Å². The van der Waals surface area contributed by atoms with Gasteiger partial charge in [0.25, 0.3) is 0 Å².